The van der Waals surface area contributed by atoms with Crippen molar-refractivity contribution in [3.05, 3.63) is 30.0 Å². The molecule has 1 aromatic carbocycles. The maximum absolute atomic E-state index is 2.65. The maximum atomic E-state index is 2.65. The van der Waals surface area contributed by atoms with Crippen LogP contribution < -0.4 is 5.30 Å². The zero-order valence-electron chi connectivity index (χ0n) is 17.8. The smallest absolute Gasteiger partial charge is 0.0486 e. The highest BCUT2D eigenvalue weighted by Crippen LogP contribution is 2.62. The lowest BCUT2D eigenvalue weighted by Gasteiger charge is -2.57. The lowest BCUT2D eigenvalue weighted by molar-refractivity contribution is -0.00775. The van der Waals surface area contributed by atoms with Crippen LogP contribution in [-0.4, -0.2) is 15.9 Å². The van der Waals surface area contributed by atoms with E-state index in [9.17, 15) is 0 Å². The number of para-hydroxylation sites is 1. The van der Waals surface area contributed by atoms with Crippen LogP contribution in [0, 0.1) is 17.8 Å². The summed E-state index contributed by atoms with van der Waals surface area (Å²) in [5, 5.41) is 3.36. The Bertz CT molecular complexity index is 815. The van der Waals surface area contributed by atoms with Crippen molar-refractivity contribution in [1.29, 1.82) is 0 Å². The van der Waals surface area contributed by atoms with Gasteiger partial charge in [-0.1, -0.05) is 53.8 Å². The van der Waals surface area contributed by atoms with E-state index in [1.807, 2.05) is 0 Å². The molecule has 4 aliphatic carbocycles. The lowest BCUT2D eigenvalue weighted by atomic mass is 9.49. The molecule has 27 heavy (non-hydrogen) atoms. The van der Waals surface area contributed by atoms with Gasteiger partial charge >= 0.3 is 0 Å². The van der Waals surface area contributed by atoms with Crippen LogP contribution in [0.15, 0.2) is 24.3 Å². The number of hydrogen-bond donors (Lipinski definition) is 0. The van der Waals surface area contributed by atoms with Gasteiger partial charge in [0.1, 0.15) is 0 Å². The van der Waals surface area contributed by atoms with Gasteiger partial charge in [-0.3, -0.25) is 0 Å². The number of nitrogens with zero attached hydrogens (tertiary/aromatic N) is 1. The molecule has 0 radical (unpaired) electrons. The Morgan fingerprint density at radius 2 is 1.41 bits per heavy atom. The van der Waals surface area contributed by atoms with Crippen molar-refractivity contribution < 1.29 is 0 Å². The summed E-state index contributed by atoms with van der Waals surface area (Å²) in [6.07, 6.45) is 8.99. The highest BCUT2D eigenvalue weighted by atomic mass is 31.1. The van der Waals surface area contributed by atoms with Crippen molar-refractivity contribution in [2.75, 3.05) is 0 Å². The number of aryl methyl sites for hydroxylation is 1. The summed E-state index contributed by atoms with van der Waals surface area (Å²) in [4.78, 5) is 0. The molecule has 0 saturated heterocycles. The van der Waals surface area contributed by atoms with E-state index in [-0.39, 0.29) is 7.92 Å². The van der Waals surface area contributed by atoms with Crippen LogP contribution >= 0.6 is 7.92 Å². The van der Waals surface area contributed by atoms with Crippen LogP contribution in [0.5, 0.6) is 0 Å². The van der Waals surface area contributed by atoms with Gasteiger partial charge in [0.15, 0.2) is 0 Å². The fourth-order valence-electron chi connectivity index (χ4n) is 7.75. The molecule has 4 fully saturated rings. The second-order valence-electron chi connectivity index (χ2n) is 10.6. The highest BCUT2D eigenvalue weighted by molar-refractivity contribution is 7.67. The van der Waals surface area contributed by atoms with Gasteiger partial charge in [0.05, 0.1) is 0 Å². The molecule has 0 spiro atoms. The van der Waals surface area contributed by atoms with Gasteiger partial charge in [-0.15, -0.1) is 0 Å². The second kappa shape index (κ2) is 6.35. The molecule has 0 atom stereocenters. The lowest BCUT2D eigenvalue weighted by Crippen LogP contribution is -2.51. The SMILES string of the molecule is CC(C)P(c1c(C23CC4CC(CC(C4)C2)C3)n(C)c2ccccc12)C(C)C. The molecular formula is C25H36NP. The number of hydrogen-bond acceptors (Lipinski definition) is 0. The average Bonchev–Trinajstić information content (AvgIpc) is 2.87. The van der Waals surface area contributed by atoms with Crippen molar-refractivity contribution >= 4 is 24.1 Å². The quantitative estimate of drug-likeness (QED) is 0.528. The zero-order chi connectivity index (χ0) is 18.9. The molecule has 1 heterocycles. The van der Waals surface area contributed by atoms with Crippen LogP contribution in [0.2, 0.25) is 0 Å². The van der Waals surface area contributed by atoms with Crippen LogP contribution in [0.25, 0.3) is 10.9 Å². The van der Waals surface area contributed by atoms with Gasteiger partial charge in [0.25, 0.3) is 0 Å². The highest BCUT2D eigenvalue weighted by Gasteiger charge is 2.54. The number of benzene rings is 1. The summed E-state index contributed by atoms with van der Waals surface area (Å²) in [6, 6.07) is 9.30. The van der Waals surface area contributed by atoms with E-state index >= 15 is 0 Å². The largest absolute Gasteiger partial charge is 0.346 e. The summed E-state index contributed by atoms with van der Waals surface area (Å²) in [5.41, 5.74) is 5.22. The molecule has 1 nitrogen and oxygen atoms in total. The third-order valence-electron chi connectivity index (χ3n) is 7.99. The summed E-state index contributed by atoms with van der Waals surface area (Å²) in [7, 11) is 2.24. The van der Waals surface area contributed by atoms with E-state index in [1.54, 1.807) is 16.4 Å². The van der Waals surface area contributed by atoms with Crippen molar-refractivity contribution in [3.8, 4) is 0 Å². The minimum absolute atomic E-state index is 0.146. The molecule has 1 aromatic heterocycles. The van der Waals surface area contributed by atoms with Gasteiger partial charge in [-0.25, -0.2) is 0 Å². The van der Waals surface area contributed by atoms with Crippen LogP contribution in [0.3, 0.4) is 0 Å². The molecule has 0 amide bonds. The monoisotopic (exact) mass is 381 g/mol. The minimum Gasteiger partial charge on any atom is -0.346 e. The molecule has 0 unspecified atom stereocenters. The first-order valence-corrected chi connectivity index (χ1v) is 12.7. The molecule has 2 heteroatoms. The van der Waals surface area contributed by atoms with Crippen LogP contribution in [0.4, 0.5) is 0 Å². The molecule has 4 bridgehead atoms. The van der Waals surface area contributed by atoms with Crippen molar-refractivity contribution in [2.45, 2.75) is 83.0 Å². The number of rotatable bonds is 4. The molecule has 0 N–H and O–H groups in total. The third-order valence-corrected chi connectivity index (χ3v) is 11.2. The Balaban J connectivity index is 1.77. The summed E-state index contributed by atoms with van der Waals surface area (Å²) < 4.78 is 2.65. The van der Waals surface area contributed by atoms with E-state index < -0.39 is 0 Å². The predicted octanol–water partition coefficient (Wildman–Crippen LogP) is 6.57. The molecule has 2 aromatic rings. The Kier molecular flexibility index (Phi) is 4.29. The van der Waals surface area contributed by atoms with Gasteiger partial charge in [-0.2, -0.15) is 0 Å². The number of fused-ring (bicyclic) bond motifs is 1. The van der Waals surface area contributed by atoms with Gasteiger partial charge < -0.3 is 4.57 Å². The summed E-state index contributed by atoms with van der Waals surface area (Å²) in [6.45, 7) is 9.88. The van der Waals surface area contributed by atoms with Gasteiger partial charge in [-0.05, 0) is 73.7 Å². The molecule has 6 rings (SSSR count). The van der Waals surface area contributed by atoms with E-state index in [4.69, 9.17) is 0 Å². The van der Waals surface area contributed by atoms with Crippen molar-refractivity contribution in [3.63, 3.8) is 0 Å². The Hall–Kier alpha value is -0.810. The summed E-state index contributed by atoms with van der Waals surface area (Å²) in [5.74, 6) is 3.02. The molecule has 146 valence electrons. The van der Waals surface area contributed by atoms with E-state index in [0.717, 1.165) is 29.1 Å². The molecule has 0 aliphatic heterocycles. The number of aromatic nitrogens is 1. The Morgan fingerprint density at radius 3 is 1.93 bits per heavy atom. The first-order chi connectivity index (χ1) is 12.9. The molecule has 4 saturated carbocycles. The maximum Gasteiger partial charge on any atom is 0.0486 e. The zero-order valence-corrected chi connectivity index (χ0v) is 18.7. The first kappa shape index (κ1) is 18.2. The fourth-order valence-corrected chi connectivity index (χ4v) is 11.1. The molecule has 4 aliphatic rings. The van der Waals surface area contributed by atoms with Crippen LogP contribution in [0.1, 0.15) is 71.9 Å². The van der Waals surface area contributed by atoms with E-state index in [0.29, 0.717) is 5.41 Å². The third kappa shape index (κ3) is 2.67. The molecular weight excluding hydrogens is 345 g/mol. The van der Waals surface area contributed by atoms with E-state index in [1.165, 1.54) is 44.0 Å². The second-order valence-corrected chi connectivity index (χ2v) is 13.9. The first-order valence-electron chi connectivity index (χ1n) is 11.3. The van der Waals surface area contributed by atoms with Crippen molar-refractivity contribution in [1.82, 2.24) is 4.57 Å². The minimum atomic E-state index is -0.146. The normalized spacial score (nSPS) is 32.5. The average molecular weight is 382 g/mol. The predicted molar refractivity (Wildman–Crippen MR) is 120 cm³/mol. The summed E-state index contributed by atoms with van der Waals surface area (Å²) >= 11 is 0. The Labute approximate surface area is 166 Å². The van der Waals surface area contributed by atoms with Crippen LogP contribution in [-0.2, 0) is 12.5 Å². The topological polar surface area (TPSA) is 4.93 Å². The standard InChI is InChI=1S/C25H36NP/c1-16(2)27(17(3)4)23-21-8-6-7-9-22(21)26(5)24(23)25-13-18-10-19(14-25)12-20(11-18)15-25/h6-9,16-20H,10-15H2,1-5H3. The van der Waals surface area contributed by atoms with Gasteiger partial charge in [0.2, 0.25) is 0 Å². The van der Waals surface area contributed by atoms with E-state index in [2.05, 4.69) is 63.6 Å². The van der Waals surface area contributed by atoms with Crippen molar-refractivity contribution in [2.24, 2.45) is 24.8 Å². The Morgan fingerprint density at radius 1 is 0.889 bits per heavy atom. The fraction of sp³-hybridized carbons (Fsp3) is 0.680. The van der Waals surface area contributed by atoms with Gasteiger partial charge in [0, 0.05) is 34.4 Å².